The second kappa shape index (κ2) is 15.0. The average Bonchev–Trinajstić information content (AvgIpc) is 2.76. The number of halogens is 1. The maximum Gasteiger partial charge on any atom is 0.340 e. The predicted octanol–water partition coefficient (Wildman–Crippen LogP) is 5.37. The Morgan fingerprint density at radius 3 is 1.76 bits per heavy atom. The fraction of sp³-hybridized carbons (Fsp3) is 0.360. The van der Waals surface area contributed by atoms with Crippen molar-refractivity contribution in [1.82, 2.24) is 9.97 Å². The van der Waals surface area contributed by atoms with Crippen molar-refractivity contribution in [3.8, 4) is 24.3 Å². The van der Waals surface area contributed by atoms with Crippen molar-refractivity contribution in [2.45, 2.75) is 47.3 Å². The molecule has 2 aromatic heterocycles. The summed E-state index contributed by atoms with van der Waals surface area (Å²) < 4.78 is 10.5. The molecule has 176 valence electrons. The summed E-state index contributed by atoms with van der Waals surface area (Å²) in [5.74, 6) is 1.72. The zero-order valence-corrected chi connectivity index (χ0v) is 22.9. The molecule has 0 amide bonds. The molecule has 0 saturated heterocycles. The summed E-state index contributed by atoms with van der Waals surface area (Å²) in [4.78, 5) is 30.8. The van der Waals surface area contributed by atoms with Gasteiger partial charge in [-0.05, 0) is 55.8 Å². The van der Waals surface area contributed by atoms with Crippen LogP contribution in [0.15, 0.2) is 29.0 Å². The number of rotatable bonds is 4. The van der Waals surface area contributed by atoms with Crippen LogP contribution >= 0.6 is 15.9 Å². The van der Waals surface area contributed by atoms with Crippen LogP contribution < -0.4 is 0 Å². The Balaban J connectivity index is 0.000000503. The number of pyridine rings is 2. The van der Waals surface area contributed by atoms with E-state index in [4.69, 9.17) is 22.3 Å². The lowest BCUT2D eigenvalue weighted by Gasteiger charge is -2.04. The number of ether oxygens (including phenoxy) is 2. The Morgan fingerprint density at radius 2 is 1.36 bits per heavy atom. The van der Waals surface area contributed by atoms with Gasteiger partial charge in [0.05, 0.1) is 35.7 Å². The maximum atomic E-state index is 11.4. The van der Waals surface area contributed by atoms with Gasteiger partial charge in [0.15, 0.2) is 0 Å². The third kappa shape index (κ3) is 12.0. The standard InChI is InChI=1S/C11H11NO2.C9H10BrNO2.C5H10Si/c1-4-9-6-10(8(3)12-7-9)11(13)14-5-2;1-3-13-9(12)8-4-7(10)5-11-6(8)2;1-5-6(2,3)4/h1,6-7H,5H2,2-3H3;4-5H,3H2,1-2H3;1H,2-4H3. The van der Waals surface area contributed by atoms with Crippen LogP contribution in [0.1, 0.15) is 51.5 Å². The van der Waals surface area contributed by atoms with Crippen molar-refractivity contribution in [2.24, 2.45) is 0 Å². The fourth-order valence-corrected chi connectivity index (χ4v) is 2.28. The van der Waals surface area contributed by atoms with E-state index in [1.54, 1.807) is 52.2 Å². The van der Waals surface area contributed by atoms with E-state index in [2.05, 4.69) is 57.0 Å². The zero-order chi connectivity index (χ0) is 25.6. The summed E-state index contributed by atoms with van der Waals surface area (Å²) in [7, 11) is -1.10. The van der Waals surface area contributed by atoms with Crippen LogP contribution in [0.3, 0.4) is 0 Å². The lowest BCUT2D eigenvalue weighted by Crippen LogP contribution is -2.15. The molecule has 0 fully saturated rings. The van der Waals surface area contributed by atoms with Gasteiger partial charge in [0.2, 0.25) is 0 Å². The number of carbonyl (C=O) groups is 2. The zero-order valence-electron chi connectivity index (χ0n) is 20.3. The molecule has 0 bridgehead atoms. The summed E-state index contributed by atoms with van der Waals surface area (Å²) in [6, 6.07) is 3.32. The molecule has 33 heavy (non-hydrogen) atoms. The van der Waals surface area contributed by atoms with E-state index in [1.807, 2.05) is 0 Å². The van der Waals surface area contributed by atoms with Gasteiger partial charge in [-0.15, -0.1) is 18.4 Å². The number of esters is 2. The molecular formula is C25H31BrN2O4Si. The highest BCUT2D eigenvalue weighted by Gasteiger charge is 2.11. The van der Waals surface area contributed by atoms with E-state index in [9.17, 15) is 9.59 Å². The molecule has 6 nitrogen and oxygen atoms in total. The molecule has 0 spiro atoms. The van der Waals surface area contributed by atoms with Gasteiger partial charge in [-0.2, -0.15) is 0 Å². The highest BCUT2D eigenvalue weighted by Crippen LogP contribution is 2.14. The number of hydrogen-bond donors (Lipinski definition) is 0. The van der Waals surface area contributed by atoms with Crippen LogP contribution in [0, 0.1) is 38.2 Å². The molecule has 2 aromatic rings. The summed E-state index contributed by atoms with van der Waals surface area (Å²) in [6.07, 6.45) is 13.5. The molecule has 8 heteroatoms. The Bertz CT molecular complexity index is 1030. The minimum atomic E-state index is -1.10. The largest absolute Gasteiger partial charge is 0.462 e. The van der Waals surface area contributed by atoms with Gasteiger partial charge in [0.25, 0.3) is 0 Å². The van der Waals surface area contributed by atoms with Crippen molar-refractivity contribution in [1.29, 1.82) is 0 Å². The van der Waals surface area contributed by atoms with E-state index < -0.39 is 8.07 Å². The van der Waals surface area contributed by atoms with Crippen LogP contribution in [0.25, 0.3) is 0 Å². The number of aromatic nitrogens is 2. The van der Waals surface area contributed by atoms with Crippen molar-refractivity contribution in [3.63, 3.8) is 0 Å². The van der Waals surface area contributed by atoms with Crippen molar-refractivity contribution in [2.75, 3.05) is 13.2 Å². The highest BCUT2D eigenvalue weighted by atomic mass is 79.9. The fourth-order valence-electron chi connectivity index (χ4n) is 1.95. The number of terminal acetylenes is 2. The smallest absolute Gasteiger partial charge is 0.340 e. The van der Waals surface area contributed by atoms with Gasteiger partial charge >= 0.3 is 11.9 Å². The molecule has 2 heterocycles. The molecule has 0 N–H and O–H groups in total. The third-order valence-electron chi connectivity index (χ3n) is 3.73. The summed E-state index contributed by atoms with van der Waals surface area (Å²) in [6.45, 7) is 14.2. The van der Waals surface area contributed by atoms with Crippen molar-refractivity contribution >= 4 is 35.9 Å². The van der Waals surface area contributed by atoms with Crippen LogP contribution in [0.5, 0.6) is 0 Å². The number of nitrogens with zero attached hydrogens (tertiary/aromatic N) is 2. The Labute approximate surface area is 206 Å². The van der Waals surface area contributed by atoms with Gasteiger partial charge in [-0.1, -0.05) is 25.6 Å². The number of hydrogen-bond acceptors (Lipinski definition) is 6. The van der Waals surface area contributed by atoms with E-state index in [-0.39, 0.29) is 11.9 Å². The molecule has 0 radical (unpaired) electrons. The molecule has 0 aromatic carbocycles. The normalized spacial score (nSPS) is 9.64. The molecule has 0 atom stereocenters. The van der Waals surface area contributed by atoms with Gasteiger partial charge in [-0.25, -0.2) is 9.59 Å². The van der Waals surface area contributed by atoms with Crippen LogP contribution in [0.4, 0.5) is 0 Å². The first-order valence-corrected chi connectivity index (χ1v) is 14.6. The maximum absolute atomic E-state index is 11.4. The highest BCUT2D eigenvalue weighted by molar-refractivity contribution is 9.10. The lowest BCUT2D eigenvalue weighted by molar-refractivity contribution is 0.0515. The van der Waals surface area contributed by atoms with Crippen molar-refractivity contribution < 1.29 is 19.1 Å². The second-order valence-corrected chi connectivity index (χ2v) is 13.3. The molecule has 0 unspecified atom stereocenters. The number of carbonyl (C=O) groups excluding carboxylic acids is 2. The average molecular weight is 532 g/mol. The second-order valence-electron chi connectivity index (χ2n) is 7.62. The summed E-state index contributed by atoms with van der Waals surface area (Å²) >= 11 is 3.25. The minimum absolute atomic E-state index is 0.325. The van der Waals surface area contributed by atoms with Gasteiger partial charge in [0, 0.05) is 22.4 Å². The molecule has 0 aliphatic heterocycles. The van der Waals surface area contributed by atoms with E-state index in [0.29, 0.717) is 41.3 Å². The van der Waals surface area contributed by atoms with Crippen LogP contribution in [-0.2, 0) is 9.47 Å². The number of aryl methyl sites for hydroxylation is 2. The first-order valence-electron chi connectivity index (χ1n) is 10.3. The minimum Gasteiger partial charge on any atom is -0.462 e. The van der Waals surface area contributed by atoms with E-state index in [0.717, 1.165) is 4.47 Å². The van der Waals surface area contributed by atoms with Gasteiger partial charge in [-0.3, -0.25) is 9.97 Å². The van der Waals surface area contributed by atoms with Gasteiger partial charge in [0.1, 0.15) is 8.07 Å². The predicted molar refractivity (Wildman–Crippen MR) is 138 cm³/mol. The first-order chi connectivity index (χ1) is 15.4. The molecule has 0 aliphatic rings. The quantitative estimate of drug-likeness (QED) is 0.300. The molecule has 0 saturated carbocycles. The monoisotopic (exact) mass is 530 g/mol. The Hall–Kier alpha value is -2.94. The molecular weight excluding hydrogens is 500 g/mol. The van der Waals surface area contributed by atoms with Crippen LogP contribution in [-0.4, -0.2) is 43.2 Å². The Morgan fingerprint density at radius 1 is 0.939 bits per heavy atom. The topological polar surface area (TPSA) is 78.4 Å². The van der Waals surface area contributed by atoms with Gasteiger partial charge < -0.3 is 9.47 Å². The SMILES string of the molecule is C#C[Si](C)(C)C.C#Cc1cnc(C)c(C(=O)OCC)c1.CCOC(=O)c1cc(Br)cnc1C. The Kier molecular flexibility index (Phi) is 13.7. The summed E-state index contributed by atoms with van der Waals surface area (Å²) in [5.41, 5.74) is 5.58. The van der Waals surface area contributed by atoms with Crippen molar-refractivity contribution in [3.05, 3.63) is 57.1 Å². The molecule has 0 aliphatic carbocycles. The molecule has 2 rings (SSSR count). The summed E-state index contributed by atoms with van der Waals surface area (Å²) in [5, 5.41) is 0. The van der Waals surface area contributed by atoms with Crippen LogP contribution in [0.2, 0.25) is 19.6 Å². The van der Waals surface area contributed by atoms with E-state index >= 15 is 0 Å². The first kappa shape index (κ1) is 30.1. The van der Waals surface area contributed by atoms with E-state index in [1.165, 1.54) is 0 Å². The lowest BCUT2D eigenvalue weighted by atomic mass is 10.1. The third-order valence-corrected chi connectivity index (χ3v) is 5.03.